The molecule has 4 bridgehead atoms. The highest BCUT2D eigenvalue weighted by Crippen LogP contribution is 2.63. The number of rotatable bonds is 2. The van der Waals surface area contributed by atoms with Gasteiger partial charge in [-0.3, -0.25) is 0 Å². The lowest BCUT2D eigenvalue weighted by Crippen LogP contribution is -2.56. The Bertz CT molecular complexity index is 357. The van der Waals surface area contributed by atoms with Crippen LogP contribution in [-0.2, 0) is 4.79 Å². The molecule has 88 valence electrons. The van der Waals surface area contributed by atoms with E-state index in [1.165, 1.54) is 6.42 Å². The van der Waals surface area contributed by atoms with Crippen LogP contribution >= 0.6 is 0 Å². The molecule has 2 atom stereocenters. The Morgan fingerprint density at radius 3 is 2.19 bits per heavy atom. The first-order valence-corrected chi connectivity index (χ1v) is 6.08. The van der Waals surface area contributed by atoms with Gasteiger partial charge in [-0.25, -0.2) is 4.79 Å². The van der Waals surface area contributed by atoms with Gasteiger partial charge < -0.3 is 10.2 Å². The molecule has 0 aromatic carbocycles. The van der Waals surface area contributed by atoms with Crippen molar-refractivity contribution < 1.29 is 15.0 Å². The van der Waals surface area contributed by atoms with E-state index >= 15 is 0 Å². The Balaban J connectivity index is 1.98. The van der Waals surface area contributed by atoms with Gasteiger partial charge in [0.05, 0.1) is 5.60 Å². The lowest BCUT2D eigenvalue weighted by atomic mass is 9.46. The minimum absolute atomic E-state index is 0.301. The van der Waals surface area contributed by atoms with Crippen molar-refractivity contribution in [3.05, 3.63) is 12.2 Å². The molecule has 0 heterocycles. The summed E-state index contributed by atoms with van der Waals surface area (Å²) >= 11 is 0. The molecule has 2 N–H and O–H groups in total. The quantitative estimate of drug-likeness (QED) is 0.702. The van der Waals surface area contributed by atoms with Crippen molar-refractivity contribution >= 4 is 5.97 Å². The second-order valence-electron chi connectivity index (χ2n) is 6.25. The van der Waals surface area contributed by atoms with Gasteiger partial charge in [-0.1, -0.05) is 6.58 Å². The van der Waals surface area contributed by atoms with E-state index in [1.54, 1.807) is 0 Å². The molecule has 2 unspecified atom stereocenters. The SMILES string of the molecule is C=C(C(=O)O)C12CC3CC(CC(O)(C3)C1)C2. The van der Waals surface area contributed by atoms with Gasteiger partial charge in [-0.15, -0.1) is 0 Å². The molecule has 3 nitrogen and oxygen atoms in total. The zero-order valence-electron chi connectivity index (χ0n) is 9.41. The van der Waals surface area contributed by atoms with Crippen LogP contribution < -0.4 is 0 Å². The molecule has 0 aromatic rings. The van der Waals surface area contributed by atoms with E-state index in [0.29, 0.717) is 23.8 Å². The van der Waals surface area contributed by atoms with Gasteiger partial charge in [-0.05, 0) is 50.4 Å². The van der Waals surface area contributed by atoms with Crippen LogP contribution in [0.25, 0.3) is 0 Å². The fourth-order valence-corrected chi connectivity index (χ4v) is 4.79. The van der Waals surface area contributed by atoms with Crippen LogP contribution in [0.3, 0.4) is 0 Å². The van der Waals surface area contributed by atoms with E-state index in [-0.39, 0.29) is 5.41 Å². The topological polar surface area (TPSA) is 57.5 Å². The van der Waals surface area contributed by atoms with Gasteiger partial charge in [0.25, 0.3) is 0 Å². The van der Waals surface area contributed by atoms with Crippen LogP contribution in [0.1, 0.15) is 38.5 Å². The van der Waals surface area contributed by atoms with E-state index < -0.39 is 11.6 Å². The van der Waals surface area contributed by atoms with Crippen molar-refractivity contribution in [1.29, 1.82) is 0 Å². The largest absolute Gasteiger partial charge is 0.478 e. The average molecular weight is 222 g/mol. The molecule has 4 aliphatic carbocycles. The van der Waals surface area contributed by atoms with Crippen LogP contribution in [0, 0.1) is 17.3 Å². The minimum Gasteiger partial charge on any atom is -0.478 e. The molecule has 4 saturated carbocycles. The van der Waals surface area contributed by atoms with Crippen molar-refractivity contribution in [2.45, 2.75) is 44.1 Å². The smallest absolute Gasteiger partial charge is 0.331 e. The van der Waals surface area contributed by atoms with E-state index in [4.69, 9.17) is 5.11 Å². The third kappa shape index (κ3) is 1.27. The van der Waals surface area contributed by atoms with Gasteiger partial charge in [0.15, 0.2) is 0 Å². The molecule has 0 radical (unpaired) electrons. The van der Waals surface area contributed by atoms with Crippen molar-refractivity contribution in [2.75, 3.05) is 0 Å². The Hall–Kier alpha value is -0.830. The molecule has 4 rings (SSSR count). The Morgan fingerprint density at radius 1 is 1.19 bits per heavy atom. The Kier molecular flexibility index (Phi) is 1.87. The zero-order chi connectivity index (χ0) is 11.6. The number of carboxylic acids is 1. The summed E-state index contributed by atoms with van der Waals surface area (Å²) in [5, 5.41) is 19.6. The first-order valence-electron chi connectivity index (χ1n) is 6.08. The van der Waals surface area contributed by atoms with Crippen molar-refractivity contribution in [2.24, 2.45) is 17.3 Å². The predicted octanol–water partition coefficient (Wildman–Crippen LogP) is 1.96. The third-order valence-corrected chi connectivity index (χ3v) is 4.93. The average Bonchev–Trinajstić information content (AvgIpc) is 2.12. The van der Waals surface area contributed by atoms with E-state index in [1.807, 2.05) is 0 Å². The monoisotopic (exact) mass is 222 g/mol. The molecule has 3 heteroatoms. The molecular formula is C13H18O3. The van der Waals surface area contributed by atoms with Crippen LogP contribution in [-0.4, -0.2) is 21.8 Å². The maximum atomic E-state index is 11.1. The normalized spacial score (nSPS) is 49.3. The van der Waals surface area contributed by atoms with Crippen LogP contribution in [0.4, 0.5) is 0 Å². The van der Waals surface area contributed by atoms with Gasteiger partial charge in [0, 0.05) is 11.0 Å². The van der Waals surface area contributed by atoms with Crippen LogP contribution in [0.2, 0.25) is 0 Å². The first-order chi connectivity index (χ1) is 7.42. The fraction of sp³-hybridized carbons (Fsp3) is 0.769. The number of carbonyl (C=O) groups is 1. The fourth-order valence-electron chi connectivity index (χ4n) is 4.79. The van der Waals surface area contributed by atoms with Crippen LogP contribution in [0.15, 0.2) is 12.2 Å². The molecule has 0 spiro atoms. The molecule has 16 heavy (non-hydrogen) atoms. The highest BCUT2D eigenvalue weighted by molar-refractivity contribution is 5.87. The van der Waals surface area contributed by atoms with E-state index in [9.17, 15) is 9.90 Å². The minimum atomic E-state index is -0.884. The summed E-state index contributed by atoms with van der Waals surface area (Å²) in [4.78, 5) is 11.1. The van der Waals surface area contributed by atoms with Gasteiger partial charge in [0.2, 0.25) is 0 Å². The molecule has 0 aliphatic heterocycles. The molecule has 4 aliphatic rings. The van der Waals surface area contributed by atoms with Crippen molar-refractivity contribution in [3.63, 3.8) is 0 Å². The molecule has 4 fully saturated rings. The number of hydrogen-bond donors (Lipinski definition) is 2. The molecular weight excluding hydrogens is 204 g/mol. The van der Waals surface area contributed by atoms with Crippen LogP contribution in [0.5, 0.6) is 0 Å². The summed E-state index contributed by atoms with van der Waals surface area (Å²) in [6.45, 7) is 3.76. The number of carboxylic acid groups (broad SMARTS) is 1. The maximum Gasteiger partial charge on any atom is 0.331 e. The molecule has 0 aromatic heterocycles. The maximum absolute atomic E-state index is 11.1. The number of aliphatic hydroxyl groups is 1. The van der Waals surface area contributed by atoms with E-state index in [0.717, 1.165) is 25.7 Å². The van der Waals surface area contributed by atoms with Crippen molar-refractivity contribution in [3.8, 4) is 0 Å². The highest BCUT2D eigenvalue weighted by atomic mass is 16.4. The highest BCUT2D eigenvalue weighted by Gasteiger charge is 2.58. The molecule has 0 amide bonds. The summed E-state index contributed by atoms with van der Waals surface area (Å²) in [6.07, 6.45) is 5.40. The van der Waals surface area contributed by atoms with Gasteiger partial charge >= 0.3 is 5.97 Å². The third-order valence-electron chi connectivity index (χ3n) is 4.93. The summed E-state index contributed by atoms with van der Waals surface area (Å²) in [7, 11) is 0. The second-order valence-corrected chi connectivity index (χ2v) is 6.25. The Labute approximate surface area is 95.2 Å². The van der Waals surface area contributed by atoms with Gasteiger partial charge in [-0.2, -0.15) is 0 Å². The second kappa shape index (κ2) is 2.89. The first kappa shape index (κ1) is 10.3. The summed E-state index contributed by atoms with van der Waals surface area (Å²) in [6, 6.07) is 0. The lowest BCUT2D eigenvalue weighted by molar-refractivity contribution is -0.158. The summed E-state index contributed by atoms with van der Waals surface area (Å²) in [5.41, 5.74) is -0.562. The lowest BCUT2D eigenvalue weighted by Gasteiger charge is -2.60. The predicted molar refractivity (Wildman–Crippen MR) is 58.8 cm³/mol. The van der Waals surface area contributed by atoms with Crippen molar-refractivity contribution in [1.82, 2.24) is 0 Å². The van der Waals surface area contributed by atoms with Gasteiger partial charge in [0.1, 0.15) is 0 Å². The molecule has 0 saturated heterocycles. The summed E-state index contributed by atoms with van der Waals surface area (Å²) < 4.78 is 0. The number of hydrogen-bond acceptors (Lipinski definition) is 2. The number of aliphatic carboxylic acids is 1. The standard InChI is InChI=1S/C13H18O3/c1-8(11(14)15)12-3-9-2-10(4-12)6-13(16,5-9)7-12/h9-10,16H,1-7H2,(H,14,15). The zero-order valence-corrected chi connectivity index (χ0v) is 9.41. The van der Waals surface area contributed by atoms with E-state index in [2.05, 4.69) is 6.58 Å². The Morgan fingerprint density at radius 2 is 1.75 bits per heavy atom. The summed E-state index contributed by atoms with van der Waals surface area (Å²) in [5.74, 6) is 0.148.